The van der Waals surface area contributed by atoms with Gasteiger partial charge in [0.15, 0.2) is 0 Å². The summed E-state index contributed by atoms with van der Waals surface area (Å²) in [6.07, 6.45) is 0. The average Bonchev–Trinajstić information content (AvgIpc) is 2.19. The van der Waals surface area contributed by atoms with Crippen LogP contribution in [0.4, 0.5) is 0 Å². The van der Waals surface area contributed by atoms with E-state index in [2.05, 4.69) is 5.32 Å². The van der Waals surface area contributed by atoms with Crippen molar-refractivity contribution < 1.29 is 4.57 Å². The number of rotatable bonds is 0. The molecule has 0 amide bonds. The molecule has 0 aromatic rings. The fraction of sp³-hybridized carbons (Fsp3) is 1.00. The van der Waals surface area contributed by atoms with Crippen molar-refractivity contribution in [3.05, 3.63) is 0 Å². The molecule has 1 aliphatic heterocycles. The van der Waals surface area contributed by atoms with Crippen molar-refractivity contribution in [2.75, 3.05) is 13.1 Å². The molecule has 30 valence electrons. The van der Waals surface area contributed by atoms with Crippen molar-refractivity contribution in [3.63, 3.8) is 0 Å². The smallest absolute Gasteiger partial charge is 0.138 e. The lowest BCUT2D eigenvalue weighted by molar-refractivity contribution is 0.607. The van der Waals surface area contributed by atoms with Gasteiger partial charge in [-0.1, -0.05) is 0 Å². The van der Waals surface area contributed by atoms with Crippen LogP contribution in [0.15, 0.2) is 0 Å². The highest BCUT2D eigenvalue weighted by Crippen LogP contribution is 1.65. The Bertz CT molecular complexity index is 20.9. The average molecular weight is 91.0 g/mol. The molecule has 1 rings (SSSR count). The zero-order valence-electron chi connectivity index (χ0n) is 2.82. The zero-order chi connectivity index (χ0) is 4.12. The third-order valence-corrected chi connectivity index (χ3v) is 0.250. The Labute approximate surface area is 33.2 Å². The van der Waals surface area contributed by atoms with E-state index in [9.17, 15) is 0 Å². The normalized spacial score (nSPS) is 15.2. The molecule has 2 nitrogen and oxygen atoms in total. The SMILES string of the molecule is C1CN1.O=P. The first-order chi connectivity index (χ1) is 2.50. The highest BCUT2D eigenvalue weighted by atomic mass is 31.0. The third kappa shape index (κ3) is 15.3. The molecule has 0 saturated carbocycles. The van der Waals surface area contributed by atoms with Crippen molar-refractivity contribution in [2.45, 2.75) is 0 Å². The van der Waals surface area contributed by atoms with E-state index in [-0.39, 0.29) is 0 Å². The lowest BCUT2D eigenvalue weighted by Crippen LogP contribution is -1.56. The van der Waals surface area contributed by atoms with Gasteiger partial charge in [-0.05, 0) is 0 Å². The van der Waals surface area contributed by atoms with Gasteiger partial charge in [0.2, 0.25) is 0 Å². The molecule has 5 heavy (non-hydrogen) atoms. The van der Waals surface area contributed by atoms with Crippen LogP contribution in [0.3, 0.4) is 0 Å². The largest absolute Gasteiger partial charge is 0.314 e. The van der Waals surface area contributed by atoms with E-state index in [4.69, 9.17) is 4.57 Å². The van der Waals surface area contributed by atoms with Gasteiger partial charge in [-0.25, -0.2) is 0 Å². The molecule has 0 atom stereocenters. The van der Waals surface area contributed by atoms with Crippen molar-refractivity contribution in [1.29, 1.82) is 0 Å². The fourth-order valence-corrected chi connectivity index (χ4v) is 0. The molecule has 1 heterocycles. The maximum Gasteiger partial charge on any atom is 0.138 e. The van der Waals surface area contributed by atoms with E-state index < -0.39 is 0 Å². The summed E-state index contributed by atoms with van der Waals surface area (Å²) < 4.78 is 8.06. The minimum Gasteiger partial charge on any atom is -0.314 e. The van der Waals surface area contributed by atoms with Gasteiger partial charge >= 0.3 is 0 Å². The molecular weight excluding hydrogens is 85.0 g/mol. The van der Waals surface area contributed by atoms with Crippen molar-refractivity contribution in [1.82, 2.24) is 5.32 Å². The van der Waals surface area contributed by atoms with Crippen LogP contribution in [0, 0.1) is 0 Å². The molecule has 0 spiro atoms. The Morgan fingerprint density at radius 2 is 1.60 bits per heavy atom. The Kier molecular flexibility index (Phi) is 4.11. The molecule has 0 aromatic heterocycles. The van der Waals surface area contributed by atoms with Crippen LogP contribution >= 0.6 is 9.12 Å². The topological polar surface area (TPSA) is 39.0 Å². The standard InChI is InChI=1S/C2H5N.HOP/c1-2-3-1;1-2/h3H,1-2H2;2H. The summed E-state index contributed by atoms with van der Waals surface area (Å²) in [5, 5.41) is 3.00. The third-order valence-electron chi connectivity index (χ3n) is 0.250. The summed E-state index contributed by atoms with van der Waals surface area (Å²) in [5.74, 6) is 0. The van der Waals surface area contributed by atoms with Gasteiger partial charge in [-0.3, -0.25) is 4.57 Å². The van der Waals surface area contributed by atoms with Crippen LogP contribution in [0.5, 0.6) is 0 Å². The monoisotopic (exact) mass is 91.0 g/mol. The van der Waals surface area contributed by atoms with Crippen LogP contribution in [0.1, 0.15) is 0 Å². The number of nitrogens with one attached hydrogen (secondary N) is 1. The second-order valence-corrected chi connectivity index (χ2v) is 0.750. The maximum atomic E-state index is 8.06. The molecule has 0 radical (unpaired) electrons. The Hall–Kier alpha value is 0.0600. The van der Waals surface area contributed by atoms with Gasteiger partial charge in [-0.2, -0.15) is 0 Å². The first-order valence-corrected chi connectivity index (χ1v) is 1.82. The lowest BCUT2D eigenvalue weighted by Gasteiger charge is -1.21. The van der Waals surface area contributed by atoms with E-state index in [1.165, 1.54) is 13.1 Å². The molecule has 0 aliphatic carbocycles. The zero-order valence-corrected chi connectivity index (χ0v) is 3.82. The predicted molar refractivity (Wildman–Crippen MR) is 21.9 cm³/mol. The van der Waals surface area contributed by atoms with Gasteiger partial charge in [-0.15, -0.1) is 0 Å². The van der Waals surface area contributed by atoms with Crippen LogP contribution in [-0.2, 0) is 4.57 Å². The molecule has 1 aliphatic rings. The van der Waals surface area contributed by atoms with Crippen LogP contribution in [-0.4, -0.2) is 13.1 Å². The van der Waals surface area contributed by atoms with Gasteiger partial charge in [0.1, 0.15) is 9.12 Å². The predicted octanol–water partition coefficient (Wildman–Crippen LogP) is 0.0643. The van der Waals surface area contributed by atoms with Crippen molar-refractivity contribution in [2.24, 2.45) is 0 Å². The molecule has 0 bridgehead atoms. The lowest BCUT2D eigenvalue weighted by atomic mass is 11.0. The molecule has 1 N–H and O–H groups in total. The van der Waals surface area contributed by atoms with Gasteiger partial charge in [0.25, 0.3) is 0 Å². The summed E-state index contributed by atoms with van der Waals surface area (Å²) in [4.78, 5) is 0. The van der Waals surface area contributed by atoms with Crippen LogP contribution < -0.4 is 5.32 Å². The van der Waals surface area contributed by atoms with E-state index in [1.807, 2.05) is 0 Å². The minimum atomic E-state index is 1.25. The highest BCUT2D eigenvalue weighted by molar-refractivity contribution is 7.00. The van der Waals surface area contributed by atoms with E-state index >= 15 is 0 Å². The fourth-order valence-electron chi connectivity index (χ4n) is 0. The summed E-state index contributed by atoms with van der Waals surface area (Å²) in [5.41, 5.74) is 0. The quantitative estimate of drug-likeness (QED) is 0.338. The second-order valence-electron chi connectivity index (χ2n) is 0.750. The molecule has 1 fully saturated rings. The summed E-state index contributed by atoms with van der Waals surface area (Å²) in [6.45, 7) is 2.50. The van der Waals surface area contributed by atoms with Crippen LogP contribution in [0.25, 0.3) is 0 Å². The van der Waals surface area contributed by atoms with Crippen molar-refractivity contribution in [3.8, 4) is 0 Å². The summed E-state index contributed by atoms with van der Waals surface area (Å²) >= 11 is 0. The molecule has 0 unspecified atom stereocenters. The highest BCUT2D eigenvalue weighted by Gasteiger charge is 1.91. The molecule has 3 heteroatoms. The van der Waals surface area contributed by atoms with Gasteiger partial charge in [0.05, 0.1) is 0 Å². The van der Waals surface area contributed by atoms with Gasteiger partial charge < -0.3 is 5.32 Å². The summed E-state index contributed by atoms with van der Waals surface area (Å²) in [6, 6.07) is 0. The molecule has 1 saturated heterocycles. The Morgan fingerprint density at radius 1 is 1.40 bits per heavy atom. The van der Waals surface area contributed by atoms with E-state index in [1.54, 1.807) is 9.12 Å². The second kappa shape index (κ2) is 4.06. The number of hydrogen-bond acceptors (Lipinski definition) is 2. The summed E-state index contributed by atoms with van der Waals surface area (Å²) in [7, 11) is 1.72. The molecular formula is C2H6NOP. The van der Waals surface area contributed by atoms with Gasteiger partial charge in [0, 0.05) is 13.1 Å². The Morgan fingerprint density at radius 3 is 1.60 bits per heavy atom. The van der Waals surface area contributed by atoms with Crippen LogP contribution in [0.2, 0.25) is 0 Å². The minimum absolute atomic E-state index is 1.25. The number of hydrogen-bond donors (Lipinski definition) is 1. The first kappa shape index (κ1) is 5.06. The van der Waals surface area contributed by atoms with Crippen molar-refractivity contribution >= 4 is 9.12 Å². The Balaban J connectivity index is 0.0000000733. The van der Waals surface area contributed by atoms with E-state index in [0.29, 0.717) is 0 Å². The molecule has 0 aromatic carbocycles. The van der Waals surface area contributed by atoms with E-state index in [0.717, 1.165) is 0 Å². The first-order valence-electron chi connectivity index (χ1n) is 1.41. The maximum absolute atomic E-state index is 8.06.